The number of nitrogens with zero attached hydrogens (tertiary/aromatic N) is 2. The van der Waals surface area contributed by atoms with Gasteiger partial charge in [-0.05, 0) is 87.6 Å². The minimum atomic E-state index is 1.12. The number of rotatable bonds is 6. The van der Waals surface area contributed by atoms with Crippen molar-refractivity contribution in [3.05, 3.63) is 206 Å². The van der Waals surface area contributed by atoms with Crippen molar-refractivity contribution in [2.45, 2.75) is 0 Å². The molecule has 3 aromatic heterocycles. The van der Waals surface area contributed by atoms with E-state index in [1.165, 1.54) is 95.8 Å². The Hall–Kier alpha value is -6.98. The Balaban J connectivity index is 1.01. The molecule has 0 spiro atoms. The summed E-state index contributed by atoms with van der Waals surface area (Å²) in [5.74, 6) is 0. The van der Waals surface area contributed by atoms with E-state index in [0.717, 1.165) is 11.4 Å². The van der Waals surface area contributed by atoms with Crippen molar-refractivity contribution in [1.82, 2.24) is 4.57 Å². The van der Waals surface area contributed by atoms with Gasteiger partial charge in [0.1, 0.15) is 0 Å². The van der Waals surface area contributed by atoms with Gasteiger partial charge in [-0.15, -0.1) is 22.7 Å². The van der Waals surface area contributed by atoms with E-state index < -0.39 is 0 Å². The topological polar surface area (TPSA) is 8.17 Å². The van der Waals surface area contributed by atoms with Crippen molar-refractivity contribution >= 4 is 102 Å². The molecule has 0 aliphatic carbocycles. The molecule has 0 radical (unpaired) electrons. The van der Waals surface area contributed by atoms with Gasteiger partial charge in [0.05, 0.1) is 26.1 Å². The Kier molecular flexibility index (Phi) is 7.62. The first-order valence-corrected chi connectivity index (χ1v) is 21.3. The quantitative estimate of drug-likeness (QED) is 0.163. The molecule has 12 rings (SSSR count). The number of aromatic nitrogens is 1. The van der Waals surface area contributed by atoms with Crippen LogP contribution in [-0.4, -0.2) is 4.57 Å². The highest BCUT2D eigenvalue weighted by molar-refractivity contribution is 7.27. The fraction of sp³-hybridized carbons (Fsp3) is 0. The van der Waals surface area contributed by atoms with Gasteiger partial charge in [-0.1, -0.05) is 152 Å². The molecule has 0 saturated heterocycles. The number of hydrogen-bond donors (Lipinski definition) is 0. The number of fused-ring (bicyclic) bond motifs is 9. The molecule has 0 N–H and O–H groups in total. The van der Waals surface area contributed by atoms with Crippen molar-refractivity contribution in [1.29, 1.82) is 0 Å². The van der Waals surface area contributed by atoms with Crippen molar-refractivity contribution in [2.24, 2.45) is 0 Å². The van der Waals surface area contributed by atoms with Crippen molar-refractivity contribution < 1.29 is 0 Å². The van der Waals surface area contributed by atoms with E-state index >= 15 is 0 Å². The number of thiophene rings is 2. The molecule has 0 bridgehead atoms. The molecule has 0 unspecified atom stereocenters. The van der Waals surface area contributed by atoms with Crippen LogP contribution in [0.15, 0.2) is 206 Å². The molecular formula is C54H34N2S2. The summed E-state index contributed by atoms with van der Waals surface area (Å²) in [6, 6.07) is 75.4. The van der Waals surface area contributed by atoms with Crippen LogP contribution >= 0.6 is 22.7 Å². The summed E-state index contributed by atoms with van der Waals surface area (Å²) < 4.78 is 7.66. The van der Waals surface area contributed by atoms with E-state index in [0.29, 0.717) is 0 Å². The van der Waals surface area contributed by atoms with Gasteiger partial charge in [0.25, 0.3) is 0 Å². The number of benzene rings is 9. The van der Waals surface area contributed by atoms with Crippen LogP contribution in [0, 0.1) is 0 Å². The molecule has 2 nitrogen and oxygen atoms in total. The summed E-state index contributed by atoms with van der Waals surface area (Å²) in [7, 11) is 0. The lowest BCUT2D eigenvalue weighted by atomic mass is 9.98. The van der Waals surface area contributed by atoms with Gasteiger partial charge in [-0.25, -0.2) is 0 Å². The Morgan fingerprint density at radius 1 is 0.362 bits per heavy atom. The summed E-state index contributed by atoms with van der Waals surface area (Å²) in [6.45, 7) is 0. The van der Waals surface area contributed by atoms with Crippen LogP contribution in [0.25, 0.3) is 90.1 Å². The predicted molar refractivity (Wildman–Crippen MR) is 252 cm³/mol. The van der Waals surface area contributed by atoms with Crippen molar-refractivity contribution in [3.63, 3.8) is 0 Å². The fourth-order valence-electron chi connectivity index (χ4n) is 8.96. The number of para-hydroxylation sites is 2. The molecule has 12 aromatic rings. The van der Waals surface area contributed by atoms with Crippen molar-refractivity contribution in [3.8, 4) is 27.9 Å². The van der Waals surface area contributed by atoms with E-state index in [1.807, 2.05) is 22.7 Å². The van der Waals surface area contributed by atoms with Gasteiger partial charge in [0.2, 0.25) is 0 Å². The highest BCUT2D eigenvalue weighted by Gasteiger charge is 2.21. The van der Waals surface area contributed by atoms with Gasteiger partial charge in [0.15, 0.2) is 0 Å². The van der Waals surface area contributed by atoms with Gasteiger partial charge in [-0.2, -0.15) is 0 Å². The molecular weight excluding hydrogens is 741 g/mol. The molecule has 0 saturated carbocycles. The third-order valence-corrected chi connectivity index (χ3v) is 14.1. The first-order valence-electron chi connectivity index (χ1n) is 19.7. The lowest BCUT2D eigenvalue weighted by Crippen LogP contribution is -2.10. The Bertz CT molecular complexity index is 3490. The zero-order valence-corrected chi connectivity index (χ0v) is 33.0. The van der Waals surface area contributed by atoms with E-state index in [9.17, 15) is 0 Å². The summed E-state index contributed by atoms with van der Waals surface area (Å²) in [5, 5.41) is 7.69. The molecule has 3 heterocycles. The standard InChI is InChI=1S/C54H34N2S2/c1-2-15-38(16-3-1)56-48-24-8-6-19-46(48)54-51(56)47-23-11-21-43(52(47)58-54)37-29-33-40(34-30-37)55(49-25-12-22-45-44-18-7-9-26-50(44)57-53(45)49)39-31-27-36(28-32-39)42-20-10-14-35-13-4-5-17-41(35)42/h1-34H. The van der Waals surface area contributed by atoms with Crippen LogP contribution in [-0.2, 0) is 0 Å². The van der Waals surface area contributed by atoms with Crippen LogP contribution in [0.1, 0.15) is 0 Å². The zero-order valence-electron chi connectivity index (χ0n) is 31.3. The highest BCUT2D eigenvalue weighted by atomic mass is 32.1. The molecule has 0 fully saturated rings. The maximum Gasteiger partial charge on any atom is 0.0727 e. The second-order valence-electron chi connectivity index (χ2n) is 14.9. The van der Waals surface area contributed by atoms with Crippen LogP contribution in [0.2, 0.25) is 0 Å². The molecule has 0 atom stereocenters. The summed E-state index contributed by atoms with van der Waals surface area (Å²) in [5.41, 5.74) is 12.0. The minimum absolute atomic E-state index is 1.12. The van der Waals surface area contributed by atoms with Crippen LogP contribution in [0.3, 0.4) is 0 Å². The zero-order chi connectivity index (χ0) is 38.2. The van der Waals surface area contributed by atoms with E-state index in [2.05, 4.69) is 216 Å². The molecule has 58 heavy (non-hydrogen) atoms. The van der Waals surface area contributed by atoms with Gasteiger partial charge in [-0.3, -0.25) is 0 Å². The molecule has 272 valence electrons. The van der Waals surface area contributed by atoms with Crippen LogP contribution in [0.4, 0.5) is 17.1 Å². The second kappa shape index (κ2) is 13.3. The molecule has 9 aromatic carbocycles. The maximum absolute atomic E-state index is 2.44. The summed E-state index contributed by atoms with van der Waals surface area (Å²) in [4.78, 5) is 2.43. The van der Waals surface area contributed by atoms with E-state index in [-0.39, 0.29) is 0 Å². The number of hydrogen-bond acceptors (Lipinski definition) is 3. The van der Waals surface area contributed by atoms with Gasteiger partial charge >= 0.3 is 0 Å². The summed E-state index contributed by atoms with van der Waals surface area (Å²) in [6.07, 6.45) is 0. The Labute approximate surface area is 343 Å². The number of anilines is 3. The molecule has 0 aliphatic heterocycles. The summed E-state index contributed by atoms with van der Waals surface area (Å²) >= 11 is 3.78. The molecule has 0 aliphatic rings. The van der Waals surface area contributed by atoms with E-state index in [4.69, 9.17) is 0 Å². The molecule has 0 amide bonds. The SMILES string of the molecule is c1ccc(-n2c3ccccc3c3sc4c(-c5ccc(N(c6ccc(-c7cccc8ccccc78)cc6)c6cccc7c6sc6ccccc67)cc5)cccc4c32)cc1. The van der Waals surface area contributed by atoms with Crippen LogP contribution in [0.5, 0.6) is 0 Å². The smallest absolute Gasteiger partial charge is 0.0727 e. The Morgan fingerprint density at radius 3 is 1.76 bits per heavy atom. The monoisotopic (exact) mass is 774 g/mol. The van der Waals surface area contributed by atoms with Crippen LogP contribution < -0.4 is 4.90 Å². The Morgan fingerprint density at radius 2 is 0.948 bits per heavy atom. The predicted octanol–water partition coefficient (Wildman–Crippen LogP) is 16.3. The average Bonchev–Trinajstić information content (AvgIpc) is 3.97. The van der Waals surface area contributed by atoms with Gasteiger partial charge in [0, 0.05) is 48.0 Å². The third-order valence-electron chi connectivity index (χ3n) is 11.6. The van der Waals surface area contributed by atoms with E-state index in [1.54, 1.807) is 0 Å². The largest absolute Gasteiger partial charge is 0.309 e. The van der Waals surface area contributed by atoms with Gasteiger partial charge < -0.3 is 9.47 Å². The molecule has 4 heteroatoms. The fourth-order valence-corrected chi connectivity index (χ4v) is 11.5. The lowest BCUT2D eigenvalue weighted by Gasteiger charge is -2.26. The lowest BCUT2D eigenvalue weighted by molar-refractivity contribution is 1.19. The normalized spacial score (nSPS) is 11.8. The highest BCUT2D eigenvalue weighted by Crippen LogP contribution is 2.48. The first-order chi connectivity index (χ1) is 28.8. The maximum atomic E-state index is 2.44. The minimum Gasteiger partial charge on any atom is -0.309 e. The first kappa shape index (κ1) is 33.2. The van der Waals surface area contributed by atoms with Crippen molar-refractivity contribution in [2.75, 3.05) is 4.90 Å². The second-order valence-corrected chi connectivity index (χ2v) is 16.9. The average molecular weight is 775 g/mol. The third kappa shape index (κ3) is 5.16.